The van der Waals surface area contributed by atoms with Crippen molar-refractivity contribution in [2.24, 2.45) is 0 Å². The topological polar surface area (TPSA) is 326 Å². The molecule has 26 heteroatoms. The van der Waals surface area contributed by atoms with Crippen LogP contribution in [0.5, 0.6) is 0 Å². The van der Waals surface area contributed by atoms with E-state index in [0.29, 0.717) is 33.2 Å². The molecule has 0 saturated carbocycles. The molecule has 0 atom stereocenters. The van der Waals surface area contributed by atoms with Crippen molar-refractivity contribution in [2.45, 2.75) is 19.6 Å². The van der Waals surface area contributed by atoms with Crippen molar-refractivity contribution in [2.75, 3.05) is 0 Å². The van der Waals surface area contributed by atoms with Crippen LogP contribution in [0.15, 0.2) is 92.4 Å². The number of fused-ring (bicyclic) bond motifs is 20. The second-order valence-electron chi connectivity index (χ2n) is 12.2. The molecule has 0 fully saturated rings. The number of nitrogens with one attached hydrogen (secondary N) is 2. The van der Waals surface area contributed by atoms with Crippen LogP contribution in [0.1, 0.15) is 0 Å². The molecule has 0 amide bonds. The van der Waals surface area contributed by atoms with Gasteiger partial charge in [-0.1, -0.05) is 72.8 Å². The Morgan fingerprint density at radius 3 is 0.931 bits per heavy atom. The maximum absolute atomic E-state index is 13.2. The molecule has 4 aromatic carbocycles. The summed E-state index contributed by atoms with van der Waals surface area (Å²) in [4.78, 5) is 24.5. The summed E-state index contributed by atoms with van der Waals surface area (Å²) >= 11 is 0. The minimum absolute atomic E-state index is 0. The van der Waals surface area contributed by atoms with E-state index in [1.807, 2.05) is 0 Å². The average molecular weight is 922 g/mol. The zero-order valence-corrected chi connectivity index (χ0v) is 31.8. The van der Waals surface area contributed by atoms with Crippen LogP contribution in [0.3, 0.4) is 0 Å². The maximum atomic E-state index is 13.2. The molecule has 20 nitrogen and oxygen atoms in total. The summed E-state index contributed by atoms with van der Waals surface area (Å²) in [6, 6.07) is 19.9. The first-order valence-electron chi connectivity index (χ1n) is 15.5. The summed E-state index contributed by atoms with van der Waals surface area (Å²) in [5, 5.41) is -1.17. The molecule has 6 N–H and O–H groups in total. The Bertz CT molecular complexity index is 3390. The summed E-state index contributed by atoms with van der Waals surface area (Å²) in [7, 11) is -24.6. The van der Waals surface area contributed by atoms with Crippen LogP contribution >= 0.6 is 0 Å². The van der Waals surface area contributed by atoms with Gasteiger partial charge >= 0.3 is 29.6 Å². The third-order valence-electron chi connectivity index (χ3n) is 8.85. The monoisotopic (exact) mass is 921 g/mol. The van der Waals surface area contributed by atoms with Crippen LogP contribution in [0.25, 0.3) is 89.7 Å². The van der Waals surface area contributed by atoms with Crippen molar-refractivity contribution in [1.29, 1.82) is 0 Å². The molecule has 8 bridgehead atoms. The number of hydrogen-bond donors (Lipinski definition) is 6. The molecule has 2 aliphatic heterocycles. The molecule has 5 heterocycles. The van der Waals surface area contributed by atoms with Gasteiger partial charge in [0.1, 0.15) is 42.2 Å². The Kier molecular flexibility index (Phi) is 10.0. The van der Waals surface area contributed by atoms with Crippen molar-refractivity contribution in [3.05, 3.63) is 72.8 Å². The van der Waals surface area contributed by atoms with Crippen molar-refractivity contribution >= 4 is 114 Å². The predicted octanol–water partition coefficient (Wildman–Crippen LogP) is 3.21. The van der Waals surface area contributed by atoms with Crippen molar-refractivity contribution < 1.29 is 69.0 Å². The fraction of sp³-hybridized carbons (Fsp3) is 0. The van der Waals surface area contributed by atoms with Gasteiger partial charge in [-0.2, -0.15) is 33.7 Å². The van der Waals surface area contributed by atoms with E-state index in [9.17, 15) is 51.9 Å². The number of H-pyrrole nitrogens is 2. The van der Waals surface area contributed by atoms with E-state index in [4.69, 9.17) is 9.97 Å². The van der Waals surface area contributed by atoms with Gasteiger partial charge in [-0.3, -0.25) is 18.2 Å². The molecule has 0 unspecified atom stereocenters. The molecular formula is C32H19CuN8NaO12S4. The number of benzene rings is 4. The third kappa shape index (κ3) is 6.62. The van der Waals surface area contributed by atoms with Crippen LogP contribution in [0, 0.1) is 0 Å². The van der Waals surface area contributed by atoms with Gasteiger partial charge in [-0.25, -0.2) is 29.9 Å². The second-order valence-corrected chi connectivity index (χ2v) is 17.6. The van der Waals surface area contributed by atoms with Crippen LogP contribution in [0.2, 0.25) is 0 Å². The van der Waals surface area contributed by atoms with Gasteiger partial charge in [0.25, 0.3) is 40.5 Å². The van der Waals surface area contributed by atoms with E-state index in [2.05, 4.69) is 29.9 Å². The van der Waals surface area contributed by atoms with Gasteiger partial charge in [-0.15, -0.1) is 0 Å². The summed E-state index contributed by atoms with van der Waals surface area (Å²) in [6.45, 7) is 0. The van der Waals surface area contributed by atoms with Gasteiger partial charge in [0, 0.05) is 50.1 Å². The molecule has 7 aromatic rings. The van der Waals surface area contributed by atoms with E-state index < -0.39 is 82.1 Å². The minimum atomic E-state index is -6.24. The van der Waals surface area contributed by atoms with E-state index in [1.165, 1.54) is 12.1 Å². The molecule has 9 rings (SSSR count). The van der Waals surface area contributed by atoms with Gasteiger partial charge < -0.3 is 9.97 Å². The van der Waals surface area contributed by atoms with Crippen LogP contribution in [-0.2, 0) is 57.5 Å². The molecule has 1 radical (unpaired) electrons. The van der Waals surface area contributed by atoms with Crippen molar-refractivity contribution in [3.63, 3.8) is 0 Å². The summed E-state index contributed by atoms with van der Waals surface area (Å²) in [6.07, 6.45) is 0. The first kappa shape index (κ1) is 41.6. The SMILES string of the molecule is O=S(=O)(O)c1c(S(=O)(=O)O)c(S(=O)(=O)O)c2c3nc4nc(nc5[nH]c(nc6nc(nc([nH]3)c2c1S(=O)(=O)O)-c1ccccc1-6)c1ccccc51)-c1ccccc1-4.[Cu].[NaH]. The molecule has 58 heavy (non-hydrogen) atoms. The number of rotatable bonds is 4. The van der Waals surface area contributed by atoms with Crippen molar-refractivity contribution in [1.82, 2.24) is 39.9 Å². The van der Waals surface area contributed by atoms with Gasteiger partial charge in [0.05, 0.1) is 10.8 Å². The number of nitrogens with zero attached hydrogens (tertiary/aromatic N) is 6. The normalized spacial score (nSPS) is 12.8. The molecule has 295 valence electrons. The van der Waals surface area contributed by atoms with Gasteiger partial charge in [0.2, 0.25) is 0 Å². The summed E-state index contributed by atoms with van der Waals surface area (Å²) < 4.78 is 146. The molecule has 3 aromatic heterocycles. The van der Waals surface area contributed by atoms with Crippen LogP contribution in [0.4, 0.5) is 0 Å². The Hall–Kier alpha value is -4.60. The molecule has 0 saturated heterocycles. The molecular weight excluding hydrogens is 903 g/mol. The number of hydrogen-bond acceptors (Lipinski definition) is 14. The first-order valence-corrected chi connectivity index (χ1v) is 21.3. The summed E-state index contributed by atoms with van der Waals surface area (Å²) in [5.74, 6) is -0.428. The van der Waals surface area contributed by atoms with E-state index in [0.717, 1.165) is 0 Å². The standard InChI is InChI=1S/C32H18N8O12S4.Cu.Na.H/c41-53(42,43)21-19-20(22(54(44,45)46)24(56(50,51)52)23(21)55(47,48)49)32-39-30-18-12-6-4-10-16(18)28(37-30)35-26-14-8-2-1-7-13(14)25(33-26)34-27-15-9-3-5-11-17(15)29(36-27)38-31(19)40-32;;;/h1-12H,(H,41,42,43)(H,44,45,46)(H,47,48,49)(H,50,51,52)(H2,33,34,35,36,37,38,39,40);;;. The second kappa shape index (κ2) is 14.0. The fourth-order valence-corrected chi connectivity index (χ4v) is 11.7. The van der Waals surface area contributed by atoms with Crippen molar-refractivity contribution in [3.8, 4) is 45.6 Å². The quantitative estimate of drug-likeness (QED) is 0.109. The third-order valence-corrected chi connectivity index (χ3v) is 12.9. The van der Waals surface area contributed by atoms with Crippen LogP contribution < -0.4 is 0 Å². The zero-order chi connectivity index (χ0) is 39.7. The predicted molar refractivity (Wildman–Crippen MR) is 202 cm³/mol. The van der Waals surface area contributed by atoms with E-state index in [1.54, 1.807) is 60.7 Å². The Morgan fingerprint density at radius 1 is 0.379 bits per heavy atom. The summed E-state index contributed by atoms with van der Waals surface area (Å²) in [5.41, 5.74) is 0.187. The average Bonchev–Trinajstić information content (AvgIpc) is 3.84. The van der Waals surface area contributed by atoms with Crippen LogP contribution in [-0.4, -0.2) is 121 Å². The molecule has 0 aliphatic carbocycles. The van der Waals surface area contributed by atoms with Gasteiger partial charge in [0.15, 0.2) is 23.3 Å². The Balaban J connectivity index is 0.00000256. The Labute approximate surface area is 358 Å². The van der Waals surface area contributed by atoms with E-state index >= 15 is 0 Å². The fourth-order valence-electron chi connectivity index (χ4n) is 6.75. The molecule has 2 aliphatic rings. The molecule has 0 spiro atoms. The zero-order valence-electron chi connectivity index (χ0n) is 27.6. The van der Waals surface area contributed by atoms with Gasteiger partial charge in [-0.05, 0) is 0 Å². The number of aromatic nitrogens is 8. The number of aromatic amines is 2. The first-order chi connectivity index (χ1) is 26.3. The van der Waals surface area contributed by atoms with E-state index in [-0.39, 0.29) is 81.1 Å². The Morgan fingerprint density at radius 2 is 0.638 bits per heavy atom.